The molecule has 0 aromatic rings. The van der Waals surface area contributed by atoms with Gasteiger partial charge in [-0.3, -0.25) is 0 Å². The Bertz CT molecular complexity index is 997. The fraction of sp³-hybridized carbons (Fsp3) is 0.743. The lowest BCUT2D eigenvalue weighted by atomic mass is 9.91. The van der Waals surface area contributed by atoms with Gasteiger partial charge in [-0.1, -0.05) is 90.8 Å². The molecule has 1 fully saturated rings. The summed E-state index contributed by atoms with van der Waals surface area (Å²) in [6.07, 6.45) is 11.2. The van der Waals surface area contributed by atoms with Gasteiger partial charge in [-0.05, 0) is 68.5 Å². The molecule has 8 heteroatoms. The van der Waals surface area contributed by atoms with E-state index < -0.39 is 26.2 Å². The minimum absolute atomic E-state index is 0.0764. The van der Waals surface area contributed by atoms with Gasteiger partial charge in [0.05, 0.1) is 31.0 Å². The molecule has 0 bridgehead atoms. The van der Waals surface area contributed by atoms with Crippen molar-refractivity contribution in [2.45, 2.75) is 154 Å². The second kappa shape index (κ2) is 17.1. The van der Waals surface area contributed by atoms with Crippen molar-refractivity contribution in [2.24, 2.45) is 5.92 Å². The van der Waals surface area contributed by atoms with Crippen molar-refractivity contribution in [3.05, 3.63) is 36.5 Å². The number of hydrogen-bond acceptors (Lipinski definition) is 6. The summed E-state index contributed by atoms with van der Waals surface area (Å²) in [5.74, 6) is 3.43. The highest BCUT2D eigenvalue weighted by Crippen LogP contribution is 2.44. The van der Waals surface area contributed by atoms with E-state index in [1.807, 2.05) is 26.0 Å². The highest BCUT2D eigenvalue weighted by atomic mass is 28.4. The van der Waals surface area contributed by atoms with Gasteiger partial charge in [0.15, 0.2) is 5.79 Å². The summed E-state index contributed by atoms with van der Waals surface area (Å²) >= 11 is 0. The lowest BCUT2D eigenvalue weighted by molar-refractivity contribution is -0.150. The summed E-state index contributed by atoms with van der Waals surface area (Å²) < 4.78 is 24.9. The van der Waals surface area contributed by atoms with Gasteiger partial charge in [0.2, 0.25) is 8.32 Å². The first-order valence-corrected chi connectivity index (χ1v) is 18.2. The van der Waals surface area contributed by atoms with E-state index in [0.717, 1.165) is 31.3 Å². The van der Waals surface area contributed by atoms with Crippen LogP contribution in [0, 0.1) is 17.8 Å². The topological polar surface area (TPSA) is 94.5 Å². The smallest absolute Gasteiger partial charge is 0.381 e. The third kappa shape index (κ3) is 11.9. The Balaban J connectivity index is 2.07. The number of ether oxygens (including phenoxy) is 3. The van der Waals surface area contributed by atoms with Crippen molar-refractivity contribution in [1.29, 1.82) is 0 Å². The molecule has 2 heterocycles. The van der Waals surface area contributed by atoms with E-state index in [0.29, 0.717) is 42.0 Å². The molecule has 43 heavy (non-hydrogen) atoms. The fourth-order valence-electron chi connectivity index (χ4n) is 6.86. The Morgan fingerprint density at radius 2 is 1.79 bits per heavy atom. The van der Waals surface area contributed by atoms with Crippen molar-refractivity contribution in [1.82, 2.24) is 0 Å². The third-order valence-electron chi connectivity index (χ3n) is 8.66. The molecule has 0 spiro atoms. The Morgan fingerprint density at radius 1 is 1.14 bits per heavy atom. The minimum Gasteiger partial charge on any atom is -0.472 e. The van der Waals surface area contributed by atoms with Gasteiger partial charge in [0, 0.05) is 12.3 Å². The molecule has 2 aliphatic rings. The Labute approximate surface area is 262 Å². The first-order chi connectivity index (χ1) is 20.1. The summed E-state index contributed by atoms with van der Waals surface area (Å²) in [6, 6.07) is 0. The van der Waals surface area contributed by atoms with Crippen molar-refractivity contribution < 1.29 is 33.6 Å². The van der Waals surface area contributed by atoms with Crippen molar-refractivity contribution in [2.75, 3.05) is 6.61 Å². The van der Waals surface area contributed by atoms with Gasteiger partial charge in [0.25, 0.3) is 0 Å². The van der Waals surface area contributed by atoms with Crippen molar-refractivity contribution in [3.63, 3.8) is 0 Å². The van der Waals surface area contributed by atoms with E-state index in [-0.39, 0.29) is 24.4 Å². The second-order valence-electron chi connectivity index (χ2n) is 13.8. The third-order valence-corrected chi connectivity index (χ3v) is 14.8. The molecular formula is C35H58O7Si. The van der Waals surface area contributed by atoms with Gasteiger partial charge in [-0.2, -0.15) is 0 Å². The first-order valence-electron chi connectivity index (χ1n) is 16.1. The van der Waals surface area contributed by atoms with Crippen LogP contribution < -0.4 is 0 Å². The molecule has 2 rings (SSSR count). The summed E-state index contributed by atoms with van der Waals surface area (Å²) in [7, 11) is -2.16. The van der Waals surface area contributed by atoms with Gasteiger partial charge in [-0.15, -0.1) is 0 Å². The fourth-order valence-corrected chi connectivity index (χ4v) is 12.4. The Kier molecular flexibility index (Phi) is 14.9. The van der Waals surface area contributed by atoms with E-state index >= 15 is 0 Å². The molecule has 6 unspecified atom stereocenters. The lowest BCUT2D eigenvalue weighted by Crippen LogP contribution is -2.50. The normalized spacial score (nSPS) is 24.3. The summed E-state index contributed by atoms with van der Waals surface area (Å²) in [5.41, 5.74) is 2.51. The highest BCUT2D eigenvalue weighted by Gasteiger charge is 2.46. The second-order valence-corrected chi connectivity index (χ2v) is 19.2. The van der Waals surface area contributed by atoms with Crippen molar-refractivity contribution >= 4 is 14.3 Å². The molecule has 2 aliphatic heterocycles. The maximum absolute atomic E-state index is 10.8. The van der Waals surface area contributed by atoms with Crippen LogP contribution in [0.1, 0.15) is 101 Å². The number of carboxylic acids is 1. The monoisotopic (exact) mass is 618 g/mol. The molecule has 2 N–H and O–H groups in total. The molecule has 0 radical (unpaired) electrons. The molecule has 1 saturated heterocycles. The van der Waals surface area contributed by atoms with Crippen LogP contribution in [0.3, 0.4) is 0 Å². The van der Waals surface area contributed by atoms with Crippen LogP contribution in [-0.2, 0) is 23.4 Å². The van der Waals surface area contributed by atoms with Crippen LogP contribution in [0.2, 0.25) is 16.6 Å². The zero-order valence-corrected chi connectivity index (χ0v) is 29.1. The Hall–Kier alpha value is -1.73. The highest BCUT2D eigenvalue weighted by molar-refractivity contribution is 6.77. The van der Waals surface area contributed by atoms with Crippen molar-refractivity contribution in [3.8, 4) is 11.8 Å². The lowest BCUT2D eigenvalue weighted by Gasteiger charge is -2.44. The molecule has 6 atom stereocenters. The van der Waals surface area contributed by atoms with Crippen LogP contribution in [0.4, 0.5) is 0 Å². The first kappa shape index (κ1) is 37.5. The summed E-state index contributed by atoms with van der Waals surface area (Å²) in [4.78, 5) is 10.7. The van der Waals surface area contributed by atoms with E-state index in [4.69, 9.17) is 23.7 Å². The molecule has 0 aliphatic carbocycles. The molecule has 0 saturated carbocycles. The zero-order chi connectivity index (χ0) is 32.4. The zero-order valence-electron chi connectivity index (χ0n) is 28.1. The standard InChI is InChI=1S/C35H58O7Si/c1-24(2)43(25(3)4,26(5)6)42-31(17-12-18-32(36)33-23-39-35(9,10)41-33)22-28(8)20-27(7)21-30-16-11-14-29(40-30)15-13-19-34(37)38/h11-12,14,17,24-27,29-33,36H,8,15-16,18,20-23H2,1-7,9-10H3,(H,37,38)/b17-12+. The van der Waals surface area contributed by atoms with Crippen LogP contribution >= 0.6 is 0 Å². The molecule has 0 aromatic carbocycles. The van der Waals surface area contributed by atoms with E-state index in [1.54, 1.807) is 0 Å². The van der Waals surface area contributed by atoms with E-state index in [1.165, 1.54) is 0 Å². The summed E-state index contributed by atoms with van der Waals surface area (Å²) in [6.45, 7) is 24.6. The minimum atomic E-state index is -2.16. The average molecular weight is 619 g/mol. The van der Waals surface area contributed by atoms with Crippen LogP contribution in [0.5, 0.6) is 0 Å². The van der Waals surface area contributed by atoms with Crippen LogP contribution in [0.25, 0.3) is 0 Å². The number of aliphatic hydroxyl groups excluding tert-OH is 1. The number of aliphatic carboxylic acids is 1. The largest absolute Gasteiger partial charge is 0.472 e. The average Bonchev–Trinajstić information content (AvgIpc) is 3.25. The maximum atomic E-state index is 10.8. The van der Waals surface area contributed by atoms with Gasteiger partial charge < -0.3 is 28.8 Å². The molecule has 0 aromatic heterocycles. The number of carboxylic acid groups (broad SMARTS) is 1. The Morgan fingerprint density at radius 3 is 2.35 bits per heavy atom. The maximum Gasteiger partial charge on any atom is 0.381 e. The molecule has 244 valence electrons. The van der Waals surface area contributed by atoms with Gasteiger partial charge in [-0.25, -0.2) is 4.79 Å². The predicted octanol–water partition coefficient (Wildman–Crippen LogP) is 7.56. The number of rotatable bonds is 16. The van der Waals surface area contributed by atoms with Gasteiger partial charge in [0.1, 0.15) is 6.10 Å². The number of aliphatic hydroxyl groups is 1. The van der Waals surface area contributed by atoms with Crippen LogP contribution in [0.15, 0.2) is 36.5 Å². The predicted molar refractivity (Wildman–Crippen MR) is 175 cm³/mol. The van der Waals surface area contributed by atoms with E-state index in [2.05, 4.69) is 79.0 Å². The van der Waals surface area contributed by atoms with Gasteiger partial charge >= 0.3 is 5.97 Å². The SMILES string of the molecule is C=C(CC(C)CC1CC=CC(CC#CC(=O)O)O1)CC(/C=C/CC(O)C1COC(C)(C)O1)O[Si](C(C)C)(C(C)C)C(C)C. The quantitative estimate of drug-likeness (QED) is 0.105. The molecular weight excluding hydrogens is 560 g/mol. The molecule has 7 nitrogen and oxygen atoms in total. The van der Waals surface area contributed by atoms with Crippen LogP contribution in [-0.4, -0.2) is 67.4 Å². The summed E-state index contributed by atoms with van der Waals surface area (Å²) in [5, 5.41) is 19.5. The van der Waals surface area contributed by atoms with E-state index in [9.17, 15) is 9.90 Å². The number of hydrogen-bond donors (Lipinski definition) is 2. The molecule has 0 amide bonds. The number of carbonyl (C=O) groups is 1.